The minimum atomic E-state index is -1.29. The van der Waals surface area contributed by atoms with Crippen molar-refractivity contribution >= 4 is 23.9 Å². The molecule has 2 amide bonds. The molecule has 0 aromatic carbocycles. The Morgan fingerprint density at radius 1 is 1.11 bits per heavy atom. The van der Waals surface area contributed by atoms with Gasteiger partial charge in [0.25, 0.3) is 0 Å². The maximum Gasteiger partial charge on any atom is 0.408 e. The van der Waals surface area contributed by atoms with Gasteiger partial charge in [0.2, 0.25) is 5.91 Å². The zero-order chi connectivity index (χ0) is 20.6. The molecule has 2 aliphatic rings. The van der Waals surface area contributed by atoms with Crippen molar-refractivity contribution in [3.63, 3.8) is 0 Å². The highest BCUT2D eigenvalue weighted by Gasteiger charge is 2.72. The number of methoxy groups -OCH3 is 2. The van der Waals surface area contributed by atoms with E-state index in [1.54, 1.807) is 20.8 Å². The van der Waals surface area contributed by atoms with E-state index in [4.69, 9.17) is 14.2 Å². The number of carbonyl (C=O) groups excluding carboxylic acids is 4. The monoisotopic (exact) mass is 384 g/mol. The summed E-state index contributed by atoms with van der Waals surface area (Å²) in [5.74, 6) is -2.37. The molecule has 152 valence electrons. The Labute approximate surface area is 158 Å². The second-order valence-electron chi connectivity index (χ2n) is 8.10. The molecule has 0 unspecified atom stereocenters. The lowest BCUT2D eigenvalue weighted by molar-refractivity contribution is -0.153. The first-order valence-corrected chi connectivity index (χ1v) is 8.94. The number of alkyl carbamates (subject to hydrolysis) is 1. The molecular formula is C18H28N2O7. The summed E-state index contributed by atoms with van der Waals surface area (Å²) in [6, 6.07) is -0.934. The van der Waals surface area contributed by atoms with Gasteiger partial charge in [-0.2, -0.15) is 0 Å². The highest BCUT2D eigenvalue weighted by molar-refractivity contribution is 5.94. The summed E-state index contributed by atoms with van der Waals surface area (Å²) in [5, 5.41) is 5.16. The Hall–Kier alpha value is -2.32. The first-order chi connectivity index (χ1) is 12.5. The number of hydrogen-bond donors (Lipinski definition) is 2. The fourth-order valence-electron chi connectivity index (χ4n) is 3.92. The van der Waals surface area contributed by atoms with Crippen LogP contribution >= 0.6 is 0 Å². The Bertz CT molecular complexity index is 642. The molecule has 2 N–H and O–H groups in total. The van der Waals surface area contributed by atoms with Crippen LogP contribution in [0.25, 0.3) is 0 Å². The van der Waals surface area contributed by atoms with Gasteiger partial charge in [0.05, 0.1) is 20.1 Å². The standard InChI is InChI=1S/C18H28N2O7/c1-9(19-16(24)27-17(2,3)4)13(21)20-18(15(23)26-6)8-7-10-11(12(10)18)14(22)25-5/h9-12H,7-8H2,1-6H3,(H,19,24)(H,20,21)/t9-,10+,11+,12+,18+/m1/s1. The SMILES string of the molecule is COC(=O)[C@H]1[C@@H]2CC[C@@](NC(=O)[C@@H](C)NC(=O)OC(C)(C)C)(C(=O)OC)[C@@H]21. The van der Waals surface area contributed by atoms with Crippen LogP contribution in [0.4, 0.5) is 4.79 Å². The molecular weight excluding hydrogens is 356 g/mol. The Morgan fingerprint density at radius 3 is 2.26 bits per heavy atom. The van der Waals surface area contributed by atoms with Gasteiger partial charge in [-0.3, -0.25) is 9.59 Å². The molecule has 0 aliphatic heterocycles. The van der Waals surface area contributed by atoms with Gasteiger partial charge >= 0.3 is 18.0 Å². The van der Waals surface area contributed by atoms with Crippen LogP contribution in [0.2, 0.25) is 0 Å². The fourth-order valence-corrected chi connectivity index (χ4v) is 3.92. The molecule has 0 spiro atoms. The van der Waals surface area contributed by atoms with E-state index in [1.807, 2.05) is 0 Å². The van der Waals surface area contributed by atoms with E-state index in [0.717, 1.165) is 0 Å². The average molecular weight is 384 g/mol. The first-order valence-electron chi connectivity index (χ1n) is 8.94. The van der Waals surface area contributed by atoms with Gasteiger partial charge in [0.1, 0.15) is 17.2 Å². The van der Waals surface area contributed by atoms with Crippen molar-refractivity contribution in [2.45, 2.75) is 57.7 Å². The Kier molecular flexibility index (Phi) is 5.72. The molecule has 5 atom stereocenters. The normalized spacial score (nSPS) is 29.8. The predicted molar refractivity (Wildman–Crippen MR) is 93.4 cm³/mol. The van der Waals surface area contributed by atoms with Gasteiger partial charge in [-0.25, -0.2) is 9.59 Å². The smallest absolute Gasteiger partial charge is 0.408 e. The maximum atomic E-state index is 12.6. The molecule has 27 heavy (non-hydrogen) atoms. The van der Waals surface area contributed by atoms with Gasteiger partial charge in [-0.15, -0.1) is 0 Å². The van der Waals surface area contributed by atoms with Crippen molar-refractivity contribution in [2.24, 2.45) is 17.8 Å². The van der Waals surface area contributed by atoms with Crippen molar-refractivity contribution in [3.05, 3.63) is 0 Å². The summed E-state index contributed by atoms with van der Waals surface area (Å²) in [4.78, 5) is 48.9. The third-order valence-electron chi connectivity index (χ3n) is 5.11. The number of rotatable bonds is 5. The molecule has 0 saturated heterocycles. The number of carbonyl (C=O) groups is 4. The third kappa shape index (κ3) is 4.17. The molecule has 0 aromatic heterocycles. The first kappa shape index (κ1) is 21.0. The minimum absolute atomic E-state index is 0.0222. The number of amides is 2. The van der Waals surface area contributed by atoms with Crippen LogP contribution in [0, 0.1) is 17.8 Å². The zero-order valence-electron chi connectivity index (χ0n) is 16.6. The van der Waals surface area contributed by atoms with Gasteiger partial charge in [0.15, 0.2) is 0 Å². The van der Waals surface area contributed by atoms with Crippen LogP contribution in [0.1, 0.15) is 40.5 Å². The van der Waals surface area contributed by atoms with Gasteiger partial charge in [-0.1, -0.05) is 0 Å². The summed E-state index contributed by atoms with van der Waals surface area (Å²) in [5.41, 5.74) is -1.99. The Morgan fingerprint density at radius 2 is 1.74 bits per heavy atom. The number of fused-ring (bicyclic) bond motifs is 1. The van der Waals surface area contributed by atoms with E-state index in [-0.39, 0.29) is 11.8 Å². The molecule has 9 nitrogen and oxygen atoms in total. The van der Waals surface area contributed by atoms with E-state index < -0.39 is 47.0 Å². The van der Waals surface area contributed by atoms with E-state index >= 15 is 0 Å². The molecule has 2 rings (SSSR count). The van der Waals surface area contributed by atoms with Crippen LogP contribution < -0.4 is 10.6 Å². The number of hydrogen-bond acceptors (Lipinski definition) is 7. The maximum absolute atomic E-state index is 12.6. The number of nitrogens with one attached hydrogen (secondary N) is 2. The number of esters is 2. The Balaban J connectivity index is 2.09. The van der Waals surface area contributed by atoms with E-state index in [1.165, 1.54) is 21.1 Å². The van der Waals surface area contributed by atoms with E-state index in [0.29, 0.717) is 12.8 Å². The zero-order valence-corrected chi connectivity index (χ0v) is 16.6. The van der Waals surface area contributed by atoms with Crippen LogP contribution in [0.5, 0.6) is 0 Å². The predicted octanol–water partition coefficient (Wildman–Crippen LogP) is 0.757. The summed E-state index contributed by atoms with van der Waals surface area (Å²) in [6.07, 6.45) is 0.238. The summed E-state index contributed by atoms with van der Waals surface area (Å²) in [6.45, 7) is 6.62. The third-order valence-corrected chi connectivity index (χ3v) is 5.11. The molecule has 2 aliphatic carbocycles. The lowest BCUT2D eigenvalue weighted by Crippen LogP contribution is -2.60. The molecule has 0 radical (unpaired) electrons. The highest BCUT2D eigenvalue weighted by Crippen LogP contribution is 2.63. The van der Waals surface area contributed by atoms with Crippen molar-refractivity contribution in [3.8, 4) is 0 Å². The van der Waals surface area contributed by atoms with E-state index in [9.17, 15) is 19.2 Å². The molecule has 2 saturated carbocycles. The van der Waals surface area contributed by atoms with Crippen LogP contribution in [0.3, 0.4) is 0 Å². The van der Waals surface area contributed by atoms with Crippen molar-refractivity contribution in [2.75, 3.05) is 14.2 Å². The lowest BCUT2D eigenvalue weighted by atomic mass is 9.89. The quantitative estimate of drug-likeness (QED) is 0.530. The second-order valence-corrected chi connectivity index (χ2v) is 8.10. The second kappa shape index (κ2) is 7.36. The van der Waals surface area contributed by atoms with Crippen LogP contribution in [0.15, 0.2) is 0 Å². The molecule has 0 aromatic rings. The van der Waals surface area contributed by atoms with Gasteiger partial charge < -0.3 is 24.8 Å². The number of ether oxygens (including phenoxy) is 3. The molecule has 9 heteroatoms. The molecule has 0 bridgehead atoms. The van der Waals surface area contributed by atoms with Crippen molar-refractivity contribution < 1.29 is 33.4 Å². The van der Waals surface area contributed by atoms with Gasteiger partial charge in [-0.05, 0) is 46.5 Å². The van der Waals surface area contributed by atoms with Gasteiger partial charge in [0, 0.05) is 5.92 Å². The van der Waals surface area contributed by atoms with Crippen LogP contribution in [-0.4, -0.2) is 55.3 Å². The summed E-state index contributed by atoms with van der Waals surface area (Å²) in [7, 11) is 2.53. The largest absolute Gasteiger partial charge is 0.469 e. The molecule has 2 fully saturated rings. The topological polar surface area (TPSA) is 120 Å². The van der Waals surface area contributed by atoms with Crippen molar-refractivity contribution in [1.29, 1.82) is 0 Å². The highest BCUT2D eigenvalue weighted by atomic mass is 16.6. The van der Waals surface area contributed by atoms with Crippen molar-refractivity contribution in [1.82, 2.24) is 10.6 Å². The van der Waals surface area contributed by atoms with E-state index in [2.05, 4.69) is 10.6 Å². The van der Waals surface area contributed by atoms with Crippen LogP contribution in [-0.2, 0) is 28.6 Å². The lowest BCUT2D eigenvalue weighted by Gasteiger charge is -2.31. The minimum Gasteiger partial charge on any atom is -0.469 e. The summed E-state index contributed by atoms with van der Waals surface area (Å²) >= 11 is 0. The summed E-state index contributed by atoms with van der Waals surface area (Å²) < 4.78 is 14.8. The fraction of sp³-hybridized carbons (Fsp3) is 0.778. The molecule has 0 heterocycles. The average Bonchev–Trinajstić information content (AvgIpc) is 3.19.